The van der Waals surface area contributed by atoms with Gasteiger partial charge in [0.1, 0.15) is 5.82 Å². The first-order chi connectivity index (χ1) is 10.1. The van der Waals surface area contributed by atoms with Crippen LogP contribution < -0.4 is 5.32 Å². The van der Waals surface area contributed by atoms with Gasteiger partial charge < -0.3 is 10.2 Å². The molecule has 1 heterocycles. The molecule has 0 bridgehead atoms. The zero-order valence-electron chi connectivity index (χ0n) is 11.3. The highest BCUT2D eigenvalue weighted by molar-refractivity contribution is 7.80. The third-order valence-electron chi connectivity index (χ3n) is 3.59. The van der Waals surface area contributed by atoms with Gasteiger partial charge in [0.15, 0.2) is 5.11 Å². The molecule has 3 rings (SSSR count). The van der Waals surface area contributed by atoms with Gasteiger partial charge in [0.05, 0.1) is 5.69 Å². The third-order valence-corrected chi connectivity index (χ3v) is 4.19. The average molecular weight is 321 g/mol. The quantitative estimate of drug-likeness (QED) is 0.791. The van der Waals surface area contributed by atoms with Gasteiger partial charge in [0.25, 0.3) is 0 Å². The maximum Gasteiger partial charge on any atom is 0.173 e. The van der Waals surface area contributed by atoms with E-state index >= 15 is 0 Å². The molecule has 2 aromatic carbocycles. The monoisotopic (exact) mass is 320 g/mol. The SMILES string of the molecule is Fc1cc(Cl)ccc1NC(=S)N1CCc2ccccc2C1. The van der Waals surface area contributed by atoms with E-state index in [1.807, 2.05) is 17.0 Å². The Balaban J connectivity index is 1.72. The van der Waals surface area contributed by atoms with Crippen LogP contribution in [0, 0.1) is 5.82 Å². The number of nitrogens with one attached hydrogen (secondary N) is 1. The predicted octanol–water partition coefficient (Wildman–Crippen LogP) is 4.23. The summed E-state index contributed by atoms with van der Waals surface area (Å²) in [6.45, 7) is 1.58. The molecular weight excluding hydrogens is 307 g/mol. The molecule has 2 nitrogen and oxygen atoms in total. The van der Waals surface area contributed by atoms with Crippen molar-refractivity contribution < 1.29 is 4.39 Å². The Kier molecular flexibility index (Phi) is 4.08. The summed E-state index contributed by atoms with van der Waals surface area (Å²) in [6, 6.07) is 12.8. The van der Waals surface area contributed by atoms with Gasteiger partial charge in [-0.25, -0.2) is 4.39 Å². The number of thiocarbonyl (C=S) groups is 1. The summed E-state index contributed by atoms with van der Waals surface area (Å²) < 4.78 is 13.8. The van der Waals surface area contributed by atoms with E-state index in [2.05, 4.69) is 17.4 Å². The largest absolute Gasteiger partial charge is 0.344 e. The van der Waals surface area contributed by atoms with Crippen LogP contribution in [0.4, 0.5) is 10.1 Å². The summed E-state index contributed by atoms with van der Waals surface area (Å²) >= 11 is 11.1. The van der Waals surface area contributed by atoms with Gasteiger partial charge in [0, 0.05) is 18.1 Å². The molecule has 0 saturated heterocycles. The molecule has 0 amide bonds. The van der Waals surface area contributed by atoms with Crippen molar-refractivity contribution in [3.05, 3.63) is 64.4 Å². The van der Waals surface area contributed by atoms with E-state index in [1.54, 1.807) is 12.1 Å². The van der Waals surface area contributed by atoms with Gasteiger partial charge in [-0.2, -0.15) is 0 Å². The smallest absolute Gasteiger partial charge is 0.173 e. The molecule has 5 heteroatoms. The summed E-state index contributed by atoms with van der Waals surface area (Å²) in [4.78, 5) is 2.05. The van der Waals surface area contributed by atoms with E-state index in [9.17, 15) is 4.39 Å². The van der Waals surface area contributed by atoms with Crippen LogP contribution >= 0.6 is 23.8 Å². The molecule has 0 fully saturated rings. The summed E-state index contributed by atoms with van der Waals surface area (Å²) in [5.41, 5.74) is 2.97. The van der Waals surface area contributed by atoms with Crippen molar-refractivity contribution in [3.63, 3.8) is 0 Å². The fraction of sp³-hybridized carbons (Fsp3) is 0.188. The van der Waals surface area contributed by atoms with Crippen molar-refractivity contribution in [2.24, 2.45) is 0 Å². The maximum atomic E-state index is 13.8. The Morgan fingerprint density at radius 1 is 1.19 bits per heavy atom. The van der Waals surface area contributed by atoms with E-state index in [-0.39, 0.29) is 0 Å². The fourth-order valence-corrected chi connectivity index (χ4v) is 2.88. The molecule has 21 heavy (non-hydrogen) atoms. The minimum absolute atomic E-state index is 0.350. The van der Waals surface area contributed by atoms with Gasteiger partial charge in [-0.05, 0) is 48.0 Å². The Hall–Kier alpha value is -1.65. The second kappa shape index (κ2) is 6.00. The summed E-state index contributed by atoms with van der Waals surface area (Å²) in [7, 11) is 0. The fourth-order valence-electron chi connectivity index (χ4n) is 2.45. The minimum Gasteiger partial charge on any atom is -0.344 e. The van der Waals surface area contributed by atoms with Crippen LogP contribution in [-0.4, -0.2) is 16.6 Å². The van der Waals surface area contributed by atoms with Crippen LogP contribution in [0.1, 0.15) is 11.1 Å². The second-order valence-electron chi connectivity index (χ2n) is 4.99. The lowest BCUT2D eigenvalue weighted by Crippen LogP contribution is -2.38. The highest BCUT2D eigenvalue weighted by Gasteiger charge is 2.18. The van der Waals surface area contributed by atoms with Crippen molar-refractivity contribution in [2.45, 2.75) is 13.0 Å². The number of fused-ring (bicyclic) bond motifs is 1. The molecule has 0 aliphatic carbocycles. The lowest BCUT2D eigenvalue weighted by atomic mass is 10.0. The molecule has 2 aromatic rings. The second-order valence-corrected chi connectivity index (χ2v) is 5.82. The third kappa shape index (κ3) is 3.17. The summed E-state index contributed by atoms with van der Waals surface area (Å²) in [5, 5.41) is 3.87. The van der Waals surface area contributed by atoms with Gasteiger partial charge >= 0.3 is 0 Å². The van der Waals surface area contributed by atoms with Gasteiger partial charge in [-0.15, -0.1) is 0 Å². The van der Waals surface area contributed by atoms with Crippen LogP contribution in [0.5, 0.6) is 0 Å². The predicted molar refractivity (Wildman–Crippen MR) is 88.2 cm³/mol. The van der Waals surface area contributed by atoms with Crippen LogP contribution in [0.3, 0.4) is 0 Å². The van der Waals surface area contributed by atoms with Crippen LogP contribution in [0.25, 0.3) is 0 Å². The molecule has 0 radical (unpaired) electrons. The minimum atomic E-state index is -0.401. The molecule has 1 N–H and O–H groups in total. The van der Waals surface area contributed by atoms with Crippen molar-refractivity contribution in [1.29, 1.82) is 0 Å². The number of benzene rings is 2. The first kappa shape index (κ1) is 14.3. The average Bonchev–Trinajstić information content (AvgIpc) is 2.49. The number of hydrogen-bond acceptors (Lipinski definition) is 1. The Morgan fingerprint density at radius 3 is 2.71 bits per heavy atom. The molecule has 108 valence electrons. The highest BCUT2D eigenvalue weighted by Crippen LogP contribution is 2.22. The normalized spacial score (nSPS) is 13.7. The van der Waals surface area contributed by atoms with E-state index in [0.717, 1.165) is 19.5 Å². The van der Waals surface area contributed by atoms with Crippen molar-refractivity contribution in [2.75, 3.05) is 11.9 Å². The standard InChI is InChI=1S/C16H14ClFN2S/c17-13-5-6-15(14(18)9-13)19-16(21)20-8-7-11-3-1-2-4-12(11)10-20/h1-6,9H,7-8,10H2,(H,19,21). The zero-order chi connectivity index (χ0) is 14.8. The molecule has 1 aliphatic rings. The van der Waals surface area contributed by atoms with E-state index in [1.165, 1.54) is 17.2 Å². The van der Waals surface area contributed by atoms with E-state index < -0.39 is 5.82 Å². The lowest BCUT2D eigenvalue weighted by molar-refractivity contribution is 0.399. The molecule has 0 saturated carbocycles. The van der Waals surface area contributed by atoms with Gasteiger partial charge in [0.2, 0.25) is 0 Å². The Morgan fingerprint density at radius 2 is 1.95 bits per heavy atom. The molecule has 0 spiro atoms. The Bertz CT molecular complexity index is 690. The highest BCUT2D eigenvalue weighted by atomic mass is 35.5. The first-order valence-electron chi connectivity index (χ1n) is 6.71. The van der Waals surface area contributed by atoms with Crippen LogP contribution in [-0.2, 0) is 13.0 Å². The number of nitrogens with zero attached hydrogens (tertiary/aromatic N) is 1. The Labute approximate surface area is 133 Å². The zero-order valence-corrected chi connectivity index (χ0v) is 12.8. The van der Waals surface area contributed by atoms with Crippen molar-refractivity contribution >= 4 is 34.6 Å². The molecular formula is C16H14ClFN2S. The number of rotatable bonds is 1. The molecule has 0 aromatic heterocycles. The van der Waals surface area contributed by atoms with E-state index in [0.29, 0.717) is 15.8 Å². The van der Waals surface area contributed by atoms with Crippen LogP contribution in [0.15, 0.2) is 42.5 Å². The van der Waals surface area contributed by atoms with Gasteiger partial charge in [-0.1, -0.05) is 35.9 Å². The van der Waals surface area contributed by atoms with Crippen molar-refractivity contribution in [3.8, 4) is 0 Å². The molecule has 0 unspecified atom stereocenters. The summed E-state index contributed by atoms with van der Waals surface area (Å²) in [5.74, 6) is -0.401. The molecule has 0 atom stereocenters. The number of anilines is 1. The van der Waals surface area contributed by atoms with Crippen LogP contribution in [0.2, 0.25) is 5.02 Å². The topological polar surface area (TPSA) is 15.3 Å². The summed E-state index contributed by atoms with van der Waals surface area (Å²) in [6.07, 6.45) is 0.946. The maximum absolute atomic E-state index is 13.8. The number of hydrogen-bond donors (Lipinski definition) is 1. The van der Waals surface area contributed by atoms with Crippen molar-refractivity contribution in [1.82, 2.24) is 4.90 Å². The number of halogens is 2. The van der Waals surface area contributed by atoms with E-state index in [4.69, 9.17) is 23.8 Å². The lowest BCUT2D eigenvalue weighted by Gasteiger charge is -2.31. The van der Waals surface area contributed by atoms with Gasteiger partial charge in [-0.3, -0.25) is 0 Å². The molecule has 1 aliphatic heterocycles. The first-order valence-corrected chi connectivity index (χ1v) is 7.50.